The highest BCUT2D eigenvalue weighted by molar-refractivity contribution is 7.99. The van der Waals surface area contributed by atoms with E-state index in [-0.39, 0.29) is 5.91 Å². The Bertz CT molecular complexity index is 827. The molecule has 3 aromatic rings. The maximum absolute atomic E-state index is 11.9. The normalized spacial score (nSPS) is 10.9. The molecule has 5 heteroatoms. The smallest absolute Gasteiger partial charge is 0.232 e. The number of amides is 1. The Hall–Kier alpha value is -2.27. The van der Waals surface area contributed by atoms with Crippen molar-refractivity contribution in [1.82, 2.24) is 14.5 Å². The van der Waals surface area contributed by atoms with Crippen LogP contribution in [0.1, 0.15) is 5.56 Å². The minimum atomic E-state index is 0.0988. The van der Waals surface area contributed by atoms with Gasteiger partial charge in [0.15, 0.2) is 5.16 Å². The molecule has 1 aromatic heterocycles. The van der Waals surface area contributed by atoms with Gasteiger partial charge >= 0.3 is 0 Å². The van der Waals surface area contributed by atoms with E-state index in [1.807, 2.05) is 24.3 Å². The topological polar surface area (TPSA) is 38.1 Å². The van der Waals surface area contributed by atoms with Crippen LogP contribution in [-0.2, 0) is 17.8 Å². The summed E-state index contributed by atoms with van der Waals surface area (Å²) in [7, 11) is 3.56. The third-order valence-corrected chi connectivity index (χ3v) is 4.87. The molecule has 0 aliphatic heterocycles. The number of hydrogen-bond acceptors (Lipinski definition) is 3. The van der Waals surface area contributed by atoms with E-state index in [4.69, 9.17) is 4.98 Å². The van der Waals surface area contributed by atoms with Crippen molar-refractivity contribution in [2.45, 2.75) is 18.1 Å². The summed E-state index contributed by atoms with van der Waals surface area (Å²) in [5.41, 5.74) is 3.40. The summed E-state index contributed by atoms with van der Waals surface area (Å²) < 4.78 is 2.22. The largest absolute Gasteiger partial charge is 0.348 e. The van der Waals surface area contributed by atoms with Crippen molar-refractivity contribution < 1.29 is 4.79 Å². The molecule has 0 saturated carbocycles. The van der Waals surface area contributed by atoms with Crippen LogP contribution < -0.4 is 0 Å². The molecule has 0 spiro atoms. The van der Waals surface area contributed by atoms with E-state index in [1.54, 1.807) is 19.0 Å². The van der Waals surface area contributed by atoms with E-state index in [9.17, 15) is 4.79 Å². The van der Waals surface area contributed by atoms with E-state index in [2.05, 4.69) is 34.9 Å². The van der Waals surface area contributed by atoms with E-state index >= 15 is 0 Å². The zero-order valence-corrected chi connectivity index (χ0v) is 14.8. The number of aryl methyl sites for hydroxylation is 2. The highest BCUT2D eigenvalue weighted by Gasteiger charge is 2.13. The van der Waals surface area contributed by atoms with Crippen LogP contribution in [0.15, 0.2) is 59.8 Å². The fourth-order valence-electron chi connectivity index (χ4n) is 2.52. The first-order chi connectivity index (χ1) is 11.6. The molecule has 0 fully saturated rings. The summed E-state index contributed by atoms with van der Waals surface area (Å²) in [4.78, 5) is 18.2. The number of hydrogen-bond donors (Lipinski definition) is 0. The number of benzene rings is 2. The molecule has 2 aromatic carbocycles. The zero-order valence-electron chi connectivity index (χ0n) is 14.0. The molecule has 0 bridgehead atoms. The van der Waals surface area contributed by atoms with Crippen molar-refractivity contribution in [3.63, 3.8) is 0 Å². The maximum Gasteiger partial charge on any atom is 0.232 e. The molecule has 1 heterocycles. The molecule has 24 heavy (non-hydrogen) atoms. The third-order valence-electron chi connectivity index (χ3n) is 3.91. The first-order valence-corrected chi connectivity index (χ1v) is 8.96. The third kappa shape index (κ3) is 3.79. The molecule has 4 nitrogen and oxygen atoms in total. The number of imidazole rings is 1. The average molecular weight is 339 g/mol. The van der Waals surface area contributed by atoms with Gasteiger partial charge in [-0.1, -0.05) is 54.2 Å². The minimum absolute atomic E-state index is 0.0988. The van der Waals surface area contributed by atoms with Crippen molar-refractivity contribution >= 4 is 28.7 Å². The summed E-state index contributed by atoms with van der Waals surface area (Å²) in [5, 5.41) is 0.905. The highest BCUT2D eigenvalue weighted by atomic mass is 32.2. The predicted molar refractivity (Wildman–Crippen MR) is 99.3 cm³/mol. The zero-order chi connectivity index (χ0) is 16.9. The van der Waals surface area contributed by atoms with Crippen LogP contribution in [0.4, 0.5) is 0 Å². The standard InChI is InChI=1S/C19H21N3OS/c1-21(2)18(23)14-24-19-20-16-10-6-7-11-17(16)22(19)13-12-15-8-4-3-5-9-15/h3-11H,12-14H2,1-2H3. The van der Waals surface area contributed by atoms with Gasteiger partial charge in [-0.2, -0.15) is 0 Å². The quantitative estimate of drug-likeness (QED) is 0.646. The van der Waals surface area contributed by atoms with Crippen LogP contribution in [0, 0.1) is 0 Å². The molecule has 0 aliphatic rings. The van der Waals surface area contributed by atoms with Gasteiger partial charge in [0.2, 0.25) is 5.91 Å². The van der Waals surface area contributed by atoms with Crippen LogP contribution >= 0.6 is 11.8 Å². The van der Waals surface area contributed by atoms with Gasteiger partial charge in [-0.3, -0.25) is 4.79 Å². The first-order valence-electron chi connectivity index (χ1n) is 7.97. The second-order valence-corrected chi connectivity index (χ2v) is 6.79. The van der Waals surface area contributed by atoms with E-state index in [0.29, 0.717) is 5.75 Å². The number of fused-ring (bicyclic) bond motifs is 1. The average Bonchev–Trinajstić information content (AvgIpc) is 2.96. The van der Waals surface area contributed by atoms with Crippen molar-refractivity contribution in [2.24, 2.45) is 0 Å². The van der Waals surface area contributed by atoms with Crippen molar-refractivity contribution in [3.8, 4) is 0 Å². The second-order valence-electron chi connectivity index (χ2n) is 5.85. The van der Waals surface area contributed by atoms with Crippen LogP contribution in [0.3, 0.4) is 0 Å². The lowest BCUT2D eigenvalue weighted by Gasteiger charge is -2.11. The van der Waals surface area contributed by atoms with Gasteiger partial charge in [-0.25, -0.2) is 4.98 Å². The Morgan fingerprint density at radius 3 is 2.54 bits per heavy atom. The second kappa shape index (κ2) is 7.53. The molecular weight excluding hydrogens is 318 g/mol. The Morgan fingerprint density at radius 2 is 1.79 bits per heavy atom. The lowest BCUT2D eigenvalue weighted by molar-refractivity contribution is -0.125. The van der Waals surface area contributed by atoms with Gasteiger partial charge in [-0.05, 0) is 24.1 Å². The molecule has 124 valence electrons. The predicted octanol–water partition coefficient (Wildman–Crippen LogP) is 3.46. The summed E-state index contributed by atoms with van der Waals surface area (Å²) in [6.07, 6.45) is 0.941. The van der Waals surface area contributed by atoms with Crippen molar-refractivity contribution in [1.29, 1.82) is 0 Å². The SMILES string of the molecule is CN(C)C(=O)CSc1nc2ccccc2n1CCc1ccccc1. The van der Waals surface area contributed by atoms with Crippen LogP contribution in [0.2, 0.25) is 0 Å². The Morgan fingerprint density at radius 1 is 1.08 bits per heavy atom. The number of aromatic nitrogens is 2. The minimum Gasteiger partial charge on any atom is -0.348 e. The molecular formula is C19H21N3OS. The van der Waals surface area contributed by atoms with Crippen molar-refractivity contribution in [3.05, 3.63) is 60.2 Å². The molecule has 0 unspecified atom stereocenters. The molecule has 1 amide bonds. The van der Waals surface area contributed by atoms with Gasteiger partial charge in [0.25, 0.3) is 0 Å². The van der Waals surface area contributed by atoms with Gasteiger partial charge in [0.1, 0.15) is 0 Å². The molecule has 0 saturated heterocycles. The monoisotopic (exact) mass is 339 g/mol. The van der Waals surface area contributed by atoms with Crippen LogP contribution in [0.5, 0.6) is 0 Å². The number of carbonyl (C=O) groups excluding carboxylic acids is 1. The Balaban J connectivity index is 1.83. The molecule has 0 radical (unpaired) electrons. The van der Waals surface area contributed by atoms with E-state index in [1.165, 1.54) is 17.3 Å². The number of carbonyl (C=O) groups is 1. The summed E-state index contributed by atoms with van der Waals surface area (Å²) in [5.74, 6) is 0.503. The summed E-state index contributed by atoms with van der Waals surface area (Å²) in [6.45, 7) is 0.850. The summed E-state index contributed by atoms with van der Waals surface area (Å²) in [6, 6.07) is 18.6. The fraction of sp³-hybridized carbons (Fsp3) is 0.263. The number of nitrogens with zero attached hydrogens (tertiary/aromatic N) is 3. The van der Waals surface area contributed by atoms with Gasteiger partial charge in [0.05, 0.1) is 16.8 Å². The maximum atomic E-state index is 11.9. The van der Waals surface area contributed by atoms with Gasteiger partial charge < -0.3 is 9.47 Å². The lowest BCUT2D eigenvalue weighted by atomic mass is 10.1. The Kier molecular flexibility index (Phi) is 5.20. The molecule has 0 N–H and O–H groups in total. The molecule has 0 aliphatic carbocycles. The van der Waals surface area contributed by atoms with Crippen LogP contribution in [-0.4, -0.2) is 40.2 Å². The Labute approximate surface area is 146 Å². The number of rotatable bonds is 6. The first kappa shape index (κ1) is 16.6. The van der Waals surface area contributed by atoms with Gasteiger partial charge in [-0.15, -0.1) is 0 Å². The van der Waals surface area contributed by atoms with Gasteiger partial charge in [0, 0.05) is 20.6 Å². The number of thioether (sulfide) groups is 1. The lowest BCUT2D eigenvalue weighted by Crippen LogP contribution is -2.23. The van der Waals surface area contributed by atoms with E-state index in [0.717, 1.165) is 29.2 Å². The molecule has 0 atom stereocenters. The van der Waals surface area contributed by atoms with Crippen LogP contribution in [0.25, 0.3) is 11.0 Å². The van der Waals surface area contributed by atoms with E-state index < -0.39 is 0 Å². The fourth-order valence-corrected chi connectivity index (χ4v) is 3.54. The molecule has 3 rings (SSSR count). The number of para-hydroxylation sites is 2. The highest BCUT2D eigenvalue weighted by Crippen LogP contribution is 2.24. The van der Waals surface area contributed by atoms with Crippen molar-refractivity contribution in [2.75, 3.05) is 19.8 Å². The summed E-state index contributed by atoms with van der Waals surface area (Å²) >= 11 is 1.51.